The minimum absolute atomic E-state index is 0.171. The smallest absolute Gasteiger partial charge is 0.286 e. The van der Waals surface area contributed by atoms with E-state index >= 15 is 0 Å². The third-order valence-corrected chi connectivity index (χ3v) is 8.20. The molecule has 162 valence electrons. The number of piperidine rings is 1. The van der Waals surface area contributed by atoms with Gasteiger partial charge in [-0.2, -0.15) is 4.31 Å². The summed E-state index contributed by atoms with van der Waals surface area (Å²) in [6.07, 6.45) is 1.33. The molecule has 0 saturated carbocycles. The number of amides is 1. The van der Waals surface area contributed by atoms with E-state index in [-0.39, 0.29) is 28.3 Å². The molecule has 0 radical (unpaired) electrons. The second-order valence-electron chi connectivity index (χ2n) is 7.35. The van der Waals surface area contributed by atoms with Gasteiger partial charge in [0.25, 0.3) is 5.91 Å². The highest BCUT2D eigenvalue weighted by Gasteiger charge is 2.34. The lowest BCUT2D eigenvalue weighted by Crippen LogP contribution is -2.39. The number of nitrogens with zero attached hydrogens (tertiary/aromatic N) is 3. The summed E-state index contributed by atoms with van der Waals surface area (Å²) >= 11 is 1.15. The molecule has 31 heavy (non-hydrogen) atoms. The predicted molar refractivity (Wildman–Crippen MR) is 116 cm³/mol. The number of aryl methyl sites for hydroxylation is 1. The molecule has 1 saturated heterocycles. The van der Waals surface area contributed by atoms with Gasteiger partial charge in [0.1, 0.15) is 15.7 Å². The molecule has 3 aromatic rings. The number of halogens is 1. The number of carbonyl (C=O) groups excluding carboxylic acids is 1. The average molecular weight is 461 g/mol. The van der Waals surface area contributed by atoms with Crippen LogP contribution in [0.2, 0.25) is 0 Å². The Kier molecular flexibility index (Phi) is 6.12. The van der Waals surface area contributed by atoms with Crippen LogP contribution in [0.3, 0.4) is 0 Å². The van der Waals surface area contributed by atoms with Crippen LogP contribution < -0.4 is 5.32 Å². The average Bonchev–Trinajstić information content (AvgIpc) is 3.26. The Hall–Kier alpha value is -2.69. The van der Waals surface area contributed by atoms with Crippen molar-refractivity contribution in [1.29, 1.82) is 0 Å². The van der Waals surface area contributed by atoms with Crippen LogP contribution in [-0.2, 0) is 10.0 Å². The number of hydrogen-bond donors (Lipinski definition) is 1. The van der Waals surface area contributed by atoms with Gasteiger partial charge in [0.2, 0.25) is 15.0 Å². The van der Waals surface area contributed by atoms with Crippen molar-refractivity contribution in [2.24, 2.45) is 0 Å². The highest BCUT2D eigenvalue weighted by molar-refractivity contribution is 7.89. The van der Waals surface area contributed by atoms with Crippen LogP contribution in [0.15, 0.2) is 53.4 Å². The number of hydrogen-bond acceptors (Lipinski definition) is 6. The summed E-state index contributed by atoms with van der Waals surface area (Å²) in [5, 5.41) is 11.8. The summed E-state index contributed by atoms with van der Waals surface area (Å²) in [5.74, 6) is -1.33. The molecule has 1 fully saturated rings. The Morgan fingerprint density at radius 3 is 2.68 bits per heavy atom. The van der Waals surface area contributed by atoms with Crippen LogP contribution in [0.25, 0.3) is 0 Å². The lowest BCUT2D eigenvalue weighted by Gasteiger charge is -2.30. The van der Waals surface area contributed by atoms with Crippen molar-refractivity contribution in [3.63, 3.8) is 0 Å². The van der Waals surface area contributed by atoms with Crippen molar-refractivity contribution in [3.8, 4) is 0 Å². The summed E-state index contributed by atoms with van der Waals surface area (Å²) in [7, 11) is -3.95. The number of benzene rings is 2. The first-order chi connectivity index (χ1) is 14.9. The van der Waals surface area contributed by atoms with Gasteiger partial charge in [0.15, 0.2) is 0 Å². The summed E-state index contributed by atoms with van der Waals surface area (Å²) in [4.78, 5) is 12.2. The van der Waals surface area contributed by atoms with E-state index in [2.05, 4.69) is 15.5 Å². The monoisotopic (exact) mass is 460 g/mol. The first kappa shape index (κ1) is 21.5. The van der Waals surface area contributed by atoms with Crippen LogP contribution in [-0.4, -0.2) is 41.9 Å². The highest BCUT2D eigenvalue weighted by Crippen LogP contribution is 2.32. The van der Waals surface area contributed by atoms with Crippen LogP contribution in [0, 0.1) is 12.7 Å². The number of sulfonamides is 1. The maximum atomic E-state index is 14.1. The predicted octanol–water partition coefficient (Wildman–Crippen LogP) is 3.81. The molecule has 1 aliphatic heterocycles. The molecule has 0 aliphatic carbocycles. The Balaban J connectivity index is 1.50. The lowest BCUT2D eigenvalue weighted by molar-refractivity contribution is 0.102. The van der Waals surface area contributed by atoms with Crippen LogP contribution in [0.1, 0.15) is 39.1 Å². The van der Waals surface area contributed by atoms with E-state index in [1.54, 1.807) is 0 Å². The van der Waals surface area contributed by atoms with Gasteiger partial charge in [-0.25, -0.2) is 12.8 Å². The first-order valence-corrected chi connectivity index (χ1v) is 12.1. The number of para-hydroxylation sites is 1. The van der Waals surface area contributed by atoms with E-state index < -0.39 is 15.8 Å². The molecule has 2 heterocycles. The van der Waals surface area contributed by atoms with Crippen molar-refractivity contribution in [2.75, 3.05) is 18.4 Å². The second-order valence-corrected chi connectivity index (χ2v) is 10.3. The molecule has 4 rings (SSSR count). The number of aromatic nitrogens is 2. The Morgan fingerprint density at radius 1 is 1.16 bits per heavy atom. The van der Waals surface area contributed by atoms with Crippen molar-refractivity contribution in [3.05, 3.63) is 69.9 Å². The molecular formula is C21H21FN4O3S2. The first-order valence-electron chi connectivity index (χ1n) is 9.81. The molecule has 1 aliphatic rings. The molecule has 1 aromatic heterocycles. The third-order valence-electron chi connectivity index (χ3n) is 5.22. The van der Waals surface area contributed by atoms with Gasteiger partial charge in [-0.15, -0.1) is 10.2 Å². The van der Waals surface area contributed by atoms with Crippen LogP contribution in [0.4, 0.5) is 10.1 Å². The van der Waals surface area contributed by atoms with Gasteiger partial charge < -0.3 is 5.32 Å². The minimum Gasteiger partial charge on any atom is -0.320 e. The summed E-state index contributed by atoms with van der Waals surface area (Å²) < 4.78 is 41.2. The summed E-state index contributed by atoms with van der Waals surface area (Å²) in [6.45, 7) is 2.38. The molecule has 2 aromatic carbocycles. The fraction of sp³-hybridized carbons (Fsp3) is 0.286. The SMILES string of the molecule is Cc1ccccc1NC(=O)c1nnc([C@H]2CCCN(S(=O)(=O)c3ccccc3F)C2)s1. The number of carbonyl (C=O) groups is 1. The van der Waals surface area contributed by atoms with Crippen molar-refractivity contribution < 1.29 is 17.6 Å². The van der Waals surface area contributed by atoms with Crippen LogP contribution >= 0.6 is 11.3 Å². The van der Waals surface area contributed by atoms with E-state index in [0.29, 0.717) is 23.7 Å². The largest absolute Gasteiger partial charge is 0.320 e. The fourth-order valence-corrected chi connectivity index (χ4v) is 5.99. The van der Waals surface area contributed by atoms with Crippen molar-refractivity contribution in [1.82, 2.24) is 14.5 Å². The standard InChI is InChI=1S/C21H21FN4O3S2/c1-14-7-2-4-10-17(14)23-19(27)21-25-24-20(30-21)15-8-6-12-26(13-15)31(28,29)18-11-5-3-9-16(18)22/h2-5,7,9-11,15H,6,8,12-13H2,1H3,(H,23,27)/t15-/m0/s1. The molecule has 7 nitrogen and oxygen atoms in total. The molecule has 1 N–H and O–H groups in total. The normalized spacial score (nSPS) is 17.4. The number of rotatable bonds is 5. The maximum absolute atomic E-state index is 14.1. The van der Waals surface area contributed by atoms with Crippen LogP contribution in [0.5, 0.6) is 0 Å². The highest BCUT2D eigenvalue weighted by atomic mass is 32.2. The van der Waals surface area contributed by atoms with E-state index in [9.17, 15) is 17.6 Å². The Bertz CT molecular complexity index is 1210. The maximum Gasteiger partial charge on any atom is 0.286 e. The summed E-state index contributed by atoms with van der Waals surface area (Å²) in [5.41, 5.74) is 1.63. The molecule has 1 amide bonds. The number of nitrogens with one attached hydrogen (secondary N) is 1. The van der Waals surface area contributed by atoms with Crippen molar-refractivity contribution in [2.45, 2.75) is 30.6 Å². The molecular weight excluding hydrogens is 439 g/mol. The van der Waals surface area contributed by atoms with Crippen molar-refractivity contribution >= 4 is 33.0 Å². The molecule has 10 heteroatoms. The quantitative estimate of drug-likeness (QED) is 0.625. The second kappa shape index (κ2) is 8.81. The zero-order valence-corrected chi connectivity index (χ0v) is 18.4. The van der Waals surface area contributed by atoms with Gasteiger partial charge in [0, 0.05) is 24.7 Å². The molecule has 1 atom stereocenters. The topological polar surface area (TPSA) is 92.3 Å². The van der Waals surface area contributed by atoms with E-state index in [0.717, 1.165) is 29.4 Å². The van der Waals surface area contributed by atoms with E-state index in [4.69, 9.17) is 0 Å². The van der Waals surface area contributed by atoms with Gasteiger partial charge in [0.05, 0.1) is 0 Å². The Morgan fingerprint density at radius 2 is 1.90 bits per heavy atom. The van der Waals surface area contributed by atoms with Gasteiger partial charge in [-0.05, 0) is 43.5 Å². The lowest BCUT2D eigenvalue weighted by atomic mass is 10.0. The molecule has 0 bridgehead atoms. The van der Waals surface area contributed by atoms with E-state index in [1.165, 1.54) is 22.5 Å². The number of anilines is 1. The van der Waals surface area contributed by atoms with E-state index in [1.807, 2.05) is 31.2 Å². The zero-order chi connectivity index (χ0) is 22.0. The van der Waals surface area contributed by atoms with Gasteiger partial charge in [-0.1, -0.05) is 41.7 Å². The third kappa shape index (κ3) is 4.51. The van der Waals surface area contributed by atoms with Gasteiger partial charge in [-0.3, -0.25) is 4.79 Å². The van der Waals surface area contributed by atoms with Gasteiger partial charge >= 0.3 is 0 Å². The molecule has 0 unspecified atom stereocenters. The minimum atomic E-state index is -3.95. The molecule has 0 spiro atoms. The zero-order valence-electron chi connectivity index (χ0n) is 16.8. The fourth-order valence-electron chi connectivity index (χ4n) is 3.54. The summed E-state index contributed by atoms with van der Waals surface area (Å²) in [6, 6.07) is 12.8. The Labute approximate surface area is 184 Å².